The van der Waals surface area contributed by atoms with Crippen molar-refractivity contribution in [1.29, 1.82) is 0 Å². The minimum atomic E-state index is -0.579. The number of aromatic nitrogens is 1. The number of esters is 1. The summed E-state index contributed by atoms with van der Waals surface area (Å²) < 4.78 is 5.93. The van der Waals surface area contributed by atoms with Crippen LogP contribution in [0.2, 0.25) is 0 Å². The van der Waals surface area contributed by atoms with Gasteiger partial charge in [-0.05, 0) is 36.4 Å². The van der Waals surface area contributed by atoms with Crippen LogP contribution in [-0.4, -0.2) is 23.5 Å². The van der Waals surface area contributed by atoms with E-state index in [1.54, 1.807) is 24.3 Å². The number of nitrogens with one attached hydrogen (secondary N) is 1. The first kappa shape index (κ1) is 15.0. The van der Waals surface area contributed by atoms with Crippen molar-refractivity contribution in [1.82, 2.24) is 4.98 Å². The van der Waals surface area contributed by atoms with Gasteiger partial charge in [-0.1, -0.05) is 23.5 Å². The highest BCUT2D eigenvalue weighted by Crippen LogP contribution is 2.25. The number of anilines is 2. The zero-order chi connectivity index (χ0) is 16.2. The number of nitrogens with two attached hydrogens (primary N) is 1. The molecule has 0 bridgehead atoms. The van der Waals surface area contributed by atoms with Gasteiger partial charge in [0.2, 0.25) is 0 Å². The molecule has 0 atom stereocenters. The van der Waals surface area contributed by atoms with Crippen LogP contribution in [0.3, 0.4) is 0 Å². The first-order valence-electron chi connectivity index (χ1n) is 6.80. The van der Waals surface area contributed by atoms with Gasteiger partial charge in [-0.2, -0.15) is 0 Å². The van der Waals surface area contributed by atoms with E-state index in [1.807, 2.05) is 24.3 Å². The molecule has 1 aromatic heterocycles. The Hall–Kier alpha value is -2.93. The number of nitrogen functional groups attached to an aromatic ring is 1. The molecule has 6 nitrogen and oxygen atoms in total. The summed E-state index contributed by atoms with van der Waals surface area (Å²) in [6.45, 7) is -0.376. The molecule has 0 spiro atoms. The number of hydrogen-bond acceptors (Lipinski definition) is 6. The zero-order valence-electron chi connectivity index (χ0n) is 12.0. The third-order valence-electron chi connectivity index (χ3n) is 3.02. The fraction of sp³-hybridized carbons (Fsp3) is 0.0625. The molecular formula is C16H13N3O3S. The molecule has 0 fully saturated rings. The Balaban J connectivity index is 1.56. The molecular weight excluding hydrogens is 314 g/mol. The lowest BCUT2D eigenvalue weighted by molar-refractivity contribution is -0.119. The van der Waals surface area contributed by atoms with Crippen molar-refractivity contribution in [3.05, 3.63) is 54.1 Å². The molecule has 0 radical (unpaired) electrons. The summed E-state index contributed by atoms with van der Waals surface area (Å²) in [5.74, 6) is -1.02. The molecule has 1 amide bonds. The normalized spacial score (nSPS) is 10.4. The molecule has 0 unspecified atom stereocenters. The third kappa shape index (κ3) is 3.64. The van der Waals surface area contributed by atoms with Gasteiger partial charge in [-0.15, -0.1) is 0 Å². The topological polar surface area (TPSA) is 94.3 Å². The molecule has 3 N–H and O–H groups in total. The monoisotopic (exact) mass is 327 g/mol. The fourth-order valence-electron chi connectivity index (χ4n) is 1.91. The van der Waals surface area contributed by atoms with Gasteiger partial charge in [0.15, 0.2) is 11.7 Å². The summed E-state index contributed by atoms with van der Waals surface area (Å²) in [4.78, 5) is 27.9. The number of fused-ring (bicyclic) bond motifs is 1. The van der Waals surface area contributed by atoms with E-state index in [9.17, 15) is 9.59 Å². The first-order chi connectivity index (χ1) is 11.1. The second-order valence-corrected chi connectivity index (χ2v) is 5.76. The van der Waals surface area contributed by atoms with Crippen LogP contribution >= 0.6 is 11.3 Å². The number of benzene rings is 2. The van der Waals surface area contributed by atoms with Crippen LogP contribution in [0, 0.1) is 0 Å². The molecule has 2 aromatic carbocycles. The number of carbonyl (C=O) groups is 2. The van der Waals surface area contributed by atoms with Gasteiger partial charge in [0.25, 0.3) is 5.91 Å². The van der Waals surface area contributed by atoms with Crippen molar-refractivity contribution in [2.24, 2.45) is 0 Å². The van der Waals surface area contributed by atoms with Crippen molar-refractivity contribution in [3.63, 3.8) is 0 Å². The van der Waals surface area contributed by atoms with Crippen LogP contribution in [0.15, 0.2) is 48.5 Å². The van der Waals surface area contributed by atoms with Crippen LogP contribution in [0.1, 0.15) is 10.4 Å². The van der Waals surface area contributed by atoms with Crippen LogP contribution in [0.5, 0.6) is 0 Å². The lowest BCUT2D eigenvalue weighted by Gasteiger charge is -2.04. The summed E-state index contributed by atoms with van der Waals surface area (Å²) >= 11 is 1.36. The van der Waals surface area contributed by atoms with Gasteiger partial charge in [0.05, 0.1) is 15.8 Å². The molecule has 0 aliphatic heterocycles. The number of amides is 1. The number of thiazole rings is 1. The lowest BCUT2D eigenvalue weighted by atomic mass is 10.2. The fourth-order valence-corrected chi connectivity index (χ4v) is 2.80. The maximum absolute atomic E-state index is 11.8. The number of nitrogens with zero attached hydrogens (tertiary/aromatic N) is 1. The standard InChI is InChI=1S/C16H13N3O3S/c17-11-7-5-10(6-8-11)15(21)22-9-14(20)19-16-18-12-3-1-2-4-13(12)23-16/h1-8H,9,17H2,(H,18,19,20). The second-order valence-electron chi connectivity index (χ2n) is 4.73. The molecule has 3 rings (SSSR count). The molecule has 0 saturated heterocycles. The van der Waals surface area contributed by atoms with Crippen LogP contribution in [0.25, 0.3) is 10.2 Å². The first-order valence-corrected chi connectivity index (χ1v) is 7.61. The van der Waals surface area contributed by atoms with Crippen molar-refractivity contribution in [3.8, 4) is 0 Å². The third-order valence-corrected chi connectivity index (χ3v) is 3.97. The number of ether oxygens (including phenoxy) is 1. The maximum atomic E-state index is 11.8. The lowest BCUT2D eigenvalue weighted by Crippen LogP contribution is -2.20. The van der Waals surface area contributed by atoms with Gasteiger partial charge in [0, 0.05) is 5.69 Å². The minimum absolute atomic E-state index is 0.340. The van der Waals surface area contributed by atoms with Crippen LogP contribution in [0.4, 0.5) is 10.8 Å². The molecule has 0 aliphatic carbocycles. The molecule has 0 aliphatic rings. The predicted octanol–water partition coefficient (Wildman–Crippen LogP) is 2.67. The molecule has 1 heterocycles. The van der Waals surface area contributed by atoms with E-state index in [1.165, 1.54) is 11.3 Å². The number of rotatable bonds is 4. The summed E-state index contributed by atoms with van der Waals surface area (Å²) in [7, 11) is 0. The average Bonchev–Trinajstić information content (AvgIpc) is 2.95. The Labute approximate surface area is 135 Å². The second kappa shape index (κ2) is 6.45. The van der Waals surface area contributed by atoms with Gasteiger partial charge in [-0.3, -0.25) is 10.1 Å². The predicted molar refractivity (Wildman–Crippen MR) is 89.4 cm³/mol. The highest BCUT2D eigenvalue weighted by molar-refractivity contribution is 7.22. The Kier molecular flexibility index (Phi) is 4.20. The number of carbonyl (C=O) groups excluding carboxylic acids is 2. The Bertz CT molecular complexity index is 825. The summed E-state index contributed by atoms with van der Waals surface area (Å²) in [6.07, 6.45) is 0. The van der Waals surface area contributed by atoms with E-state index in [0.29, 0.717) is 16.4 Å². The van der Waals surface area contributed by atoms with Crippen molar-refractivity contribution >= 4 is 44.2 Å². The quantitative estimate of drug-likeness (QED) is 0.567. The number of para-hydroxylation sites is 1. The van der Waals surface area contributed by atoms with E-state index in [0.717, 1.165) is 10.2 Å². The molecule has 116 valence electrons. The van der Waals surface area contributed by atoms with Gasteiger partial charge in [-0.25, -0.2) is 9.78 Å². The Morgan fingerprint density at radius 1 is 1.13 bits per heavy atom. The van der Waals surface area contributed by atoms with E-state index in [-0.39, 0.29) is 6.61 Å². The van der Waals surface area contributed by atoms with Gasteiger partial charge < -0.3 is 10.5 Å². The SMILES string of the molecule is Nc1ccc(C(=O)OCC(=O)Nc2nc3ccccc3s2)cc1. The van der Waals surface area contributed by atoms with Crippen molar-refractivity contribution in [2.75, 3.05) is 17.7 Å². The minimum Gasteiger partial charge on any atom is -0.452 e. The van der Waals surface area contributed by atoms with E-state index >= 15 is 0 Å². The average molecular weight is 327 g/mol. The van der Waals surface area contributed by atoms with Crippen molar-refractivity contribution in [2.45, 2.75) is 0 Å². The number of hydrogen-bond donors (Lipinski definition) is 2. The molecule has 7 heteroatoms. The molecule has 23 heavy (non-hydrogen) atoms. The Morgan fingerprint density at radius 3 is 2.61 bits per heavy atom. The highest BCUT2D eigenvalue weighted by Gasteiger charge is 2.12. The summed E-state index contributed by atoms with van der Waals surface area (Å²) in [5, 5.41) is 3.09. The highest BCUT2D eigenvalue weighted by atomic mass is 32.1. The van der Waals surface area contributed by atoms with E-state index in [2.05, 4.69) is 10.3 Å². The van der Waals surface area contributed by atoms with Crippen molar-refractivity contribution < 1.29 is 14.3 Å². The van der Waals surface area contributed by atoms with Crippen LogP contribution in [-0.2, 0) is 9.53 Å². The molecule has 0 saturated carbocycles. The smallest absolute Gasteiger partial charge is 0.338 e. The zero-order valence-corrected chi connectivity index (χ0v) is 12.8. The molecule has 3 aromatic rings. The summed E-state index contributed by atoms with van der Waals surface area (Å²) in [5.41, 5.74) is 7.25. The summed E-state index contributed by atoms with van der Waals surface area (Å²) in [6, 6.07) is 13.8. The maximum Gasteiger partial charge on any atom is 0.338 e. The Morgan fingerprint density at radius 2 is 1.87 bits per heavy atom. The largest absolute Gasteiger partial charge is 0.452 e. The van der Waals surface area contributed by atoms with Gasteiger partial charge in [0.1, 0.15) is 0 Å². The van der Waals surface area contributed by atoms with E-state index in [4.69, 9.17) is 10.5 Å². The van der Waals surface area contributed by atoms with E-state index < -0.39 is 11.9 Å². The van der Waals surface area contributed by atoms with Crippen LogP contribution < -0.4 is 11.1 Å². The van der Waals surface area contributed by atoms with Gasteiger partial charge >= 0.3 is 5.97 Å².